The molecule has 0 aliphatic heterocycles. The van der Waals surface area contributed by atoms with Crippen LogP contribution in [0, 0.1) is 5.92 Å². The van der Waals surface area contributed by atoms with Gasteiger partial charge in [0, 0.05) is 6.42 Å². The number of hydrogen-bond donors (Lipinski definition) is 1. The number of Topliss-reactive ketones (excluding diaryl/α,β-unsaturated/α-hetero) is 1. The monoisotopic (exact) mass is 241 g/mol. The normalized spacial score (nSPS) is 18.1. The highest BCUT2D eigenvalue weighted by molar-refractivity contribution is 5.87. The Bertz CT molecular complexity index is 290. The van der Waals surface area contributed by atoms with Crippen LogP contribution >= 0.6 is 0 Å². The van der Waals surface area contributed by atoms with Crippen molar-refractivity contribution < 1.29 is 14.3 Å². The fourth-order valence-corrected chi connectivity index (χ4v) is 1.72. The number of rotatable bonds is 4. The predicted octanol–water partition coefficient (Wildman–Crippen LogP) is 2.66. The van der Waals surface area contributed by atoms with Crippen LogP contribution in [0.1, 0.15) is 53.4 Å². The molecule has 4 nitrogen and oxygen atoms in total. The average Bonchev–Trinajstić information content (AvgIpc) is 2.07. The van der Waals surface area contributed by atoms with E-state index in [4.69, 9.17) is 4.74 Å². The Hall–Kier alpha value is -1.06. The minimum Gasteiger partial charge on any atom is -0.444 e. The second-order valence-electron chi connectivity index (χ2n) is 5.84. The molecule has 0 aromatic heterocycles. The van der Waals surface area contributed by atoms with Crippen LogP contribution < -0.4 is 5.32 Å². The van der Waals surface area contributed by atoms with E-state index in [-0.39, 0.29) is 5.78 Å². The molecule has 0 unspecified atom stereocenters. The van der Waals surface area contributed by atoms with E-state index in [1.54, 1.807) is 27.7 Å². The molecule has 1 atom stereocenters. The SMILES string of the molecule is C[C@@H](NC(=O)OC(C)(C)C)C(=O)CC1CCC1. The van der Waals surface area contributed by atoms with Gasteiger partial charge in [0.1, 0.15) is 5.60 Å². The summed E-state index contributed by atoms with van der Waals surface area (Å²) < 4.78 is 5.10. The number of carbonyl (C=O) groups is 2. The van der Waals surface area contributed by atoms with Gasteiger partial charge in [-0.15, -0.1) is 0 Å². The van der Waals surface area contributed by atoms with Gasteiger partial charge in [-0.3, -0.25) is 4.79 Å². The van der Waals surface area contributed by atoms with Gasteiger partial charge < -0.3 is 10.1 Å². The van der Waals surface area contributed by atoms with Gasteiger partial charge >= 0.3 is 6.09 Å². The second kappa shape index (κ2) is 5.52. The molecular formula is C13H23NO3. The molecule has 1 saturated carbocycles. The van der Waals surface area contributed by atoms with Crippen molar-refractivity contribution in [2.75, 3.05) is 0 Å². The van der Waals surface area contributed by atoms with Crippen LogP contribution in [0.2, 0.25) is 0 Å². The molecule has 17 heavy (non-hydrogen) atoms. The van der Waals surface area contributed by atoms with Crippen LogP contribution in [-0.4, -0.2) is 23.5 Å². The third kappa shape index (κ3) is 5.20. The van der Waals surface area contributed by atoms with Crippen molar-refractivity contribution in [1.29, 1.82) is 0 Å². The number of ketones is 1. The van der Waals surface area contributed by atoms with Crippen molar-refractivity contribution in [3.63, 3.8) is 0 Å². The smallest absolute Gasteiger partial charge is 0.408 e. The topological polar surface area (TPSA) is 55.4 Å². The van der Waals surface area contributed by atoms with Gasteiger partial charge in [0.2, 0.25) is 0 Å². The third-order valence-corrected chi connectivity index (χ3v) is 2.93. The fourth-order valence-electron chi connectivity index (χ4n) is 1.72. The van der Waals surface area contributed by atoms with E-state index in [2.05, 4.69) is 5.32 Å². The minimum absolute atomic E-state index is 0.0977. The first-order chi connectivity index (χ1) is 7.78. The zero-order valence-corrected chi connectivity index (χ0v) is 11.2. The molecule has 0 saturated heterocycles. The first-order valence-corrected chi connectivity index (χ1v) is 6.30. The standard InChI is InChI=1S/C13H23NO3/c1-9(11(15)8-10-6-5-7-10)14-12(16)17-13(2,3)4/h9-10H,5-8H2,1-4H3,(H,14,16)/t9-/m1/s1. The third-order valence-electron chi connectivity index (χ3n) is 2.93. The van der Waals surface area contributed by atoms with E-state index >= 15 is 0 Å². The number of nitrogens with one attached hydrogen (secondary N) is 1. The van der Waals surface area contributed by atoms with Gasteiger partial charge in [0.05, 0.1) is 6.04 Å². The lowest BCUT2D eigenvalue weighted by Gasteiger charge is -2.26. The van der Waals surface area contributed by atoms with E-state index in [0.29, 0.717) is 12.3 Å². The van der Waals surface area contributed by atoms with E-state index in [0.717, 1.165) is 12.8 Å². The van der Waals surface area contributed by atoms with Crippen molar-refractivity contribution in [2.24, 2.45) is 5.92 Å². The Labute approximate surface area is 103 Å². The quantitative estimate of drug-likeness (QED) is 0.823. The van der Waals surface area contributed by atoms with E-state index in [1.165, 1.54) is 6.42 Å². The Morgan fingerprint density at radius 3 is 2.35 bits per heavy atom. The molecule has 0 radical (unpaired) electrons. The maximum Gasteiger partial charge on any atom is 0.408 e. The molecule has 1 amide bonds. The highest BCUT2D eigenvalue weighted by atomic mass is 16.6. The van der Waals surface area contributed by atoms with Gasteiger partial charge in [-0.25, -0.2) is 4.79 Å². The van der Waals surface area contributed by atoms with E-state index in [9.17, 15) is 9.59 Å². The molecule has 1 aliphatic rings. The highest BCUT2D eigenvalue weighted by Gasteiger charge is 2.25. The fraction of sp³-hybridized carbons (Fsp3) is 0.846. The van der Waals surface area contributed by atoms with Crippen LogP contribution in [-0.2, 0) is 9.53 Å². The molecule has 0 aromatic rings. The average molecular weight is 241 g/mol. The maximum absolute atomic E-state index is 11.8. The zero-order chi connectivity index (χ0) is 13.1. The van der Waals surface area contributed by atoms with Crippen molar-refractivity contribution in [1.82, 2.24) is 5.32 Å². The Balaban J connectivity index is 2.29. The van der Waals surface area contributed by atoms with Crippen LogP contribution in [0.15, 0.2) is 0 Å². The maximum atomic E-state index is 11.8. The first kappa shape index (κ1) is 14.0. The van der Waals surface area contributed by atoms with Crippen molar-refractivity contribution >= 4 is 11.9 Å². The summed E-state index contributed by atoms with van der Waals surface area (Å²) in [7, 11) is 0. The summed E-state index contributed by atoms with van der Waals surface area (Å²) in [6.07, 6.45) is 3.57. The van der Waals surface area contributed by atoms with Gasteiger partial charge in [-0.05, 0) is 33.6 Å². The van der Waals surface area contributed by atoms with Crippen molar-refractivity contribution in [2.45, 2.75) is 65.0 Å². The molecule has 1 rings (SSSR count). The second-order valence-corrected chi connectivity index (χ2v) is 5.84. The predicted molar refractivity (Wildman–Crippen MR) is 65.8 cm³/mol. The molecule has 98 valence electrons. The summed E-state index contributed by atoms with van der Waals surface area (Å²) in [4.78, 5) is 23.2. The number of carbonyl (C=O) groups excluding carboxylic acids is 2. The summed E-state index contributed by atoms with van der Waals surface area (Å²) >= 11 is 0. The molecule has 0 aromatic carbocycles. The van der Waals surface area contributed by atoms with E-state index in [1.807, 2.05) is 0 Å². The molecule has 4 heteroatoms. The summed E-state index contributed by atoms with van der Waals surface area (Å²) in [5.74, 6) is 0.631. The largest absolute Gasteiger partial charge is 0.444 e. The summed E-state index contributed by atoms with van der Waals surface area (Å²) in [6, 6.07) is -0.453. The molecule has 0 spiro atoms. The number of ether oxygens (including phenoxy) is 1. The van der Waals surface area contributed by atoms with Crippen LogP contribution in [0.5, 0.6) is 0 Å². The molecule has 0 bridgehead atoms. The van der Waals surface area contributed by atoms with Gasteiger partial charge in [0.15, 0.2) is 5.78 Å². The van der Waals surface area contributed by atoms with E-state index < -0.39 is 17.7 Å². The number of hydrogen-bond acceptors (Lipinski definition) is 3. The van der Waals surface area contributed by atoms with Crippen LogP contribution in [0.3, 0.4) is 0 Å². The summed E-state index contributed by atoms with van der Waals surface area (Å²) in [6.45, 7) is 7.11. The lowest BCUT2D eigenvalue weighted by Crippen LogP contribution is -2.42. The molecule has 1 fully saturated rings. The van der Waals surface area contributed by atoms with Gasteiger partial charge in [0.25, 0.3) is 0 Å². The van der Waals surface area contributed by atoms with Crippen molar-refractivity contribution in [3.8, 4) is 0 Å². The van der Waals surface area contributed by atoms with Crippen LogP contribution in [0.25, 0.3) is 0 Å². The van der Waals surface area contributed by atoms with Crippen molar-refractivity contribution in [3.05, 3.63) is 0 Å². The summed E-state index contributed by atoms with van der Waals surface area (Å²) in [5.41, 5.74) is -0.527. The highest BCUT2D eigenvalue weighted by Crippen LogP contribution is 2.29. The molecule has 0 heterocycles. The summed E-state index contributed by atoms with van der Waals surface area (Å²) in [5, 5.41) is 2.58. The molecule has 1 N–H and O–H groups in total. The molecule has 1 aliphatic carbocycles. The lowest BCUT2D eigenvalue weighted by molar-refractivity contribution is -0.122. The Morgan fingerprint density at radius 1 is 1.35 bits per heavy atom. The van der Waals surface area contributed by atoms with Gasteiger partial charge in [-0.1, -0.05) is 19.3 Å². The number of amides is 1. The minimum atomic E-state index is -0.527. The number of alkyl carbamates (subject to hydrolysis) is 1. The van der Waals surface area contributed by atoms with Crippen LogP contribution in [0.4, 0.5) is 4.79 Å². The Kier molecular flexibility index (Phi) is 4.54. The lowest BCUT2D eigenvalue weighted by atomic mass is 9.81. The Morgan fingerprint density at radius 2 is 1.94 bits per heavy atom. The first-order valence-electron chi connectivity index (χ1n) is 6.30. The molecular weight excluding hydrogens is 218 g/mol. The van der Waals surface area contributed by atoms with Gasteiger partial charge in [-0.2, -0.15) is 0 Å². The zero-order valence-electron chi connectivity index (χ0n) is 11.2.